The van der Waals surface area contributed by atoms with E-state index in [0.29, 0.717) is 38.9 Å². The van der Waals surface area contributed by atoms with E-state index in [1.165, 1.54) is 12.2 Å². The van der Waals surface area contributed by atoms with Gasteiger partial charge in [0.15, 0.2) is 5.79 Å². The minimum atomic E-state index is -0.659. The van der Waals surface area contributed by atoms with Gasteiger partial charge in [0.2, 0.25) is 0 Å². The van der Waals surface area contributed by atoms with Crippen LogP contribution in [0.15, 0.2) is 25.3 Å². The van der Waals surface area contributed by atoms with Gasteiger partial charge in [-0.15, -0.1) is 13.2 Å². The molecule has 0 aromatic rings. The second kappa shape index (κ2) is 6.91. The van der Waals surface area contributed by atoms with Gasteiger partial charge in [-0.3, -0.25) is 0 Å². The molecular weight excluding hydrogens is 220 g/mol. The molecule has 1 heterocycles. The van der Waals surface area contributed by atoms with Crippen LogP contribution in [0, 0.1) is 0 Å². The molecule has 2 atom stereocenters. The van der Waals surface area contributed by atoms with Crippen LogP contribution in [0.5, 0.6) is 0 Å². The number of aliphatic hydroxyl groups excluding tert-OH is 2. The molecule has 98 valence electrons. The van der Waals surface area contributed by atoms with Crippen molar-refractivity contribution in [3.8, 4) is 0 Å². The first-order valence-electron chi connectivity index (χ1n) is 6.01. The van der Waals surface area contributed by atoms with Crippen LogP contribution < -0.4 is 0 Å². The Hall–Kier alpha value is -0.680. The maximum atomic E-state index is 9.46. The highest BCUT2D eigenvalue weighted by molar-refractivity contribution is 4.85. The van der Waals surface area contributed by atoms with Gasteiger partial charge in [-0.25, -0.2) is 0 Å². The Morgan fingerprint density at radius 1 is 1.00 bits per heavy atom. The van der Waals surface area contributed by atoms with E-state index >= 15 is 0 Å². The van der Waals surface area contributed by atoms with Gasteiger partial charge in [0.1, 0.15) is 0 Å². The van der Waals surface area contributed by atoms with Crippen molar-refractivity contribution in [2.24, 2.45) is 0 Å². The molecule has 1 aliphatic heterocycles. The third kappa shape index (κ3) is 4.60. The zero-order valence-electron chi connectivity index (χ0n) is 10.2. The van der Waals surface area contributed by atoms with Gasteiger partial charge in [0.05, 0.1) is 25.4 Å². The lowest BCUT2D eigenvalue weighted by molar-refractivity contribution is -0.173. The summed E-state index contributed by atoms with van der Waals surface area (Å²) in [5, 5.41) is 18.9. The SMILES string of the molecule is C=C[C@@H](O)CCC1(CC[C@@H](O)C=C)OCCO1. The van der Waals surface area contributed by atoms with Gasteiger partial charge < -0.3 is 19.7 Å². The van der Waals surface area contributed by atoms with Crippen LogP contribution in [0.4, 0.5) is 0 Å². The topological polar surface area (TPSA) is 58.9 Å². The lowest BCUT2D eigenvalue weighted by Crippen LogP contribution is -2.32. The zero-order valence-corrected chi connectivity index (χ0v) is 10.2. The number of aliphatic hydroxyl groups is 2. The second-order valence-corrected chi connectivity index (χ2v) is 4.29. The molecule has 0 spiro atoms. The number of rotatable bonds is 8. The molecule has 0 amide bonds. The van der Waals surface area contributed by atoms with Crippen molar-refractivity contribution in [3.63, 3.8) is 0 Å². The third-order valence-corrected chi connectivity index (χ3v) is 3.00. The summed E-state index contributed by atoms with van der Waals surface area (Å²) in [7, 11) is 0. The van der Waals surface area contributed by atoms with Crippen LogP contribution in [0.1, 0.15) is 25.7 Å². The summed E-state index contributed by atoms with van der Waals surface area (Å²) in [6, 6.07) is 0. The summed E-state index contributed by atoms with van der Waals surface area (Å²) < 4.78 is 11.2. The highest BCUT2D eigenvalue weighted by Crippen LogP contribution is 2.31. The molecule has 4 nitrogen and oxygen atoms in total. The average Bonchev–Trinajstić information content (AvgIpc) is 2.82. The van der Waals surface area contributed by atoms with Crippen LogP contribution in [0.25, 0.3) is 0 Å². The second-order valence-electron chi connectivity index (χ2n) is 4.29. The summed E-state index contributed by atoms with van der Waals surface area (Å²) >= 11 is 0. The molecule has 0 unspecified atom stereocenters. The zero-order chi connectivity index (χ0) is 12.7. The van der Waals surface area contributed by atoms with Crippen LogP contribution in [-0.2, 0) is 9.47 Å². The summed E-state index contributed by atoms with van der Waals surface area (Å²) in [4.78, 5) is 0. The smallest absolute Gasteiger partial charge is 0.168 e. The summed E-state index contributed by atoms with van der Waals surface area (Å²) in [6.45, 7) is 8.19. The fraction of sp³-hybridized carbons (Fsp3) is 0.692. The van der Waals surface area contributed by atoms with Gasteiger partial charge in [-0.1, -0.05) is 12.2 Å². The Balaban J connectivity index is 2.44. The Morgan fingerprint density at radius 3 is 1.76 bits per heavy atom. The molecule has 17 heavy (non-hydrogen) atoms. The van der Waals surface area contributed by atoms with Crippen LogP contribution >= 0.6 is 0 Å². The van der Waals surface area contributed by atoms with Crippen molar-refractivity contribution in [1.82, 2.24) is 0 Å². The fourth-order valence-corrected chi connectivity index (χ4v) is 1.88. The van der Waals surface area contributed by atoms with E-state index in [2.05, 4.69) is 13.2 Å². The lowest BCUT2D eigenvalue weighted by Gasteiger charge is -2.28. The molecule has 0 bridgehead atoms. The molecule has 0 radical (unpaired) electrons. The van der Waals surface area contributed by atoms with E-state index in [-0.39, 0.29) is 0 Å². The molecule has 4 heteroatoms. The Morgan fingerprint density at radius 2 is 1.41 bits per heavy atom. The molecule has 0 aromatic heterocycles. The van der Waals surface area contributed by atoms with E-state index < -0.39 is 18.0 Å². The summed E-state index contributed by atoms with van der Waals surface area (Å²) in [6.07, 6.45) is 4.23. The molecule has 1 rings (SSSR count). The predicted molar refractivity (Wildman–Crippen MR) is 65.5 cm³/mol. The Bertz CT molecular complexity index is 226. The average molecular weight is 242 g/mol. The van der Waals surface area contributed by atoms with Gasteiger partial charge in [-0.05, 0) is 12.8 Å². The summed E-state index contributed by atoms with van der Waals surface area (Å²) in [5.41, 5.74) is 0. The van der Waals surface area contributed by atoms with Crippen molar-refractivity contribution in [1.29, 1.82) is 0 Å². The van der Waals surface area contributed by atoms with Gasteiger partial charge in [0, 0.05) is 12.8 Å². The molecule has 2 N–H and O–H groups in total. The van der Waals surface area contributed by atoms with Gasteiger partial charge in [-0.2, -0.15) is 0 Å². The van der Waals surface area contributed by atoms with Crippen LogP contribution in [0.2, 0.25) is 0 Å². The minimum Gasteiger partial charge on any atom is -0.389 e. The van der Waals surface area contributed by atoms with Gasteiger partial charge >= 0.3 is 0 Å². The molecule has 1 aliphatic rings. The highest BCUT2D eigenvalue weighted by atomic mass is 16.7. The number of hydrogen-bond acceptors (Lipinski definition) is 4. The molecule has 1 fully saturated rings. The first-order valence-corrected chi connectivity index (χ1v) is 6.01. The van der Waals surface area contributed by atoms with Crippen molar-refractivity contribution in [2.45, 2.75) is 43.7 Å². The first kappa shape index (κ1) is 14.4. The van der Waals surface area contributed by atoms with Crippen LogP contribution in [-0.4, -0.2) is 41.4 Å². The van der Waals surface area contributed by atoms with Crippen LogP contribution in [0.3, 0.4) is 0 Å². The van der Waals surface area contributed by atoms with E-state index in [1.807, 2.05) is 0 Å². The maximum absolute atomic E-state index is 9.46. The monoisotopic (exact) mass is 242 g/mol. The van der Waals surface area contributed by atoms with E-state index in [1.54, 1.807) is 0 Å². The number of hydrogen-bond donors (Lipinski definition) is 2. The van der Waals surface area contributed by atoms with E-state index in [0.717, 1.165) is 0 Å². The highest BCUT2D eigenvalue weighted by Gasteiger charge is 2.36. The Kier molecular flexibility index (Phi) is 5.85. The molecule has 1 saturated heterocycles. The third-order valence-electron chi connectivity index (χ3n) is 3.00. The molecule has 0 aliphatic carbocycles. The first-order chi connectivity index (χ1) is 8.12. The minimum absolute atomic E-state index is 0.538. The van der Waals surface area contributed by atoms with Gasteiger partial charge in [0.25, 0.3) is 0 Å². The molecule has 0 saturated carbocycles. The maximum Gasteiger partial charge on any atom is 0.168 e. The van der Waals surface area contributed by atoms with Crippen molar-refractivity contribution in [3.05, 3.63) is 25.3 Å². The van der Waals surface area contributed by atoms with Crippen molar-refractivity contribution in [2.75, 3.05) is 13.2 Å². The molecule has 0 aromatic carbocycles. The largest absolute Gasteiger partial charge is 0.389 e. The molecular formula is C13H22O4. The Labute approximate surface area is 103 Å². The fourth-order valence-electron chi connectivity index (χ4n) is 1.88. The summed E-state index contributed by atoms with van der Waals surface area (Å²) in [5.74, 6) is -0.659. The van der Waals surface area contributed by atoms with E-state index in [4.69, 9.17) is 9.47 Å². The van der Waals surface area contributed by atoms with Crippen molar-refractivity contribution >= 4 is 0 Å². The standard InChI is InChI=1S/C13H22O4/c1-3-11(14)5-7-13(16-9-10-17-13)8-6-12(15)4-2/h3-4,11-12,14-15H,1-2,5-10H2/t11-,12+. The lowest BCUT2D eigenvalue weighted by atomic mass is 10.00. The quantitative estimate of drug-likeness (QED) is 0.631. The number of ether oxygens (including phenoxy) is 2. The normalized spacial score (nSPS) is 22.0. The predicted octanol–water partition coefficient (Wildman–Crippen LogP) is 1.38. The van der Waals surface area contributed by atoms with Crippen molar-refractivity contribution < 1.29 is 19.7 Å². The van der Waals surface area contributed by atoms with E-state index in [9.17, 15) is 10.2 Å².